The number of morpholine rings is 1. The van der Waals surface area contributed by atoms with Crippen molar-refractivity contribution in [1.82, 2.24) is 9.97 Å². The lowest BCUT2D eigenvalue weighted by Gasteiger charge is -2.34. The SMILES string of the molecule is Cc1cc(N2CCOC(c3ccc(C(F)(F)F)cc3)C2)nc(C(C)C)n1. The van der Waals surface area contributed by atoms with Gasteiger partial charge in [0.15, 0.2) is 0 Å². The number of hydrogen-bond acceptors (Lipinski definition) is 4. The number of nitrogens with zero attached hydrogens (tertiary/aromatic N) is 3. The molecule has 0 N–H and O–H groups in total. The summed E-state index contributed by atoms with van der Waals surface area (Å²) >= 11 is 0. The number of alkyl halides is 3. The van der Waals surface area contributed by atoms with Crippen LogP contribution in [0.5, 0.6) is 0 Å². The maximum atomic E-state index is 12.7. The largest absolute Gasteiger partial charge is 0.416 e. The van der Waals surface area contributed by atoms with Crippen LogP contribution in [0.2, 0.25) is 0 Å². The van der Waals surface area contributed by atoms with Crippen LogP contribution in [0.25, 0.3) is 0 Å². The van der Waals surface area contributed by atoms with E-state index < -0.39 is 11.7 Å². The number of aromatic nitrogens is 2. The van der Waals surface area contributed by atoms with Crippen LogP contribution in [-0.2, 0) is 10.9 Å². The minimum absolute atomic E-state index is 0.223. The van der Waals surface area contributed by atoms with E-state index >= 15 is 0 Å². The smallest absolute Gasteiger partial charge is 0.370 e. The number of halogens is 3. The van der Waals surface area contributed by atoms with Gasteiger partial charge in [0.05, 0.1) is 12.2 Å². The van der Waals surface area contributed by atoms with E-state index in [2.05, 4.69) is 14.9 Å². The molecule has 1 aliphatic heterocycles. The number of rotatable bonds is 3. The van der Waals surface area contributed by atoms with E-state index in [4.69, 9.17) is 4.74 Å². The molecule has 1 aromatic carbocycles. The van der Waals surface area contributed by atoms with Crippen LogP contribution in [0.15, 0.2) is 30.3 Å². The summed E-state index contributed by atoms with van der Waals surface area (Å²) in [6, 6.07) is 7.11. The molecule has 0 amide bonds. The molecule has 1 saturated heterocycles. The second-order valence-corrected chi connectivity index (χ2v) is 6.81. The highest BCUT2D eigenvalue weighted by atomic mass is 19.4. The fraction of sp³-hybridized carbons (Fsp3) is 0.474. The number of aryl methyl sites for hydroxylation is 1. The van der Waals surface area contributed by atoms with E-state index in [9.17, 15) is 13.2 Å². The summed E-state index contributed by atoms with van der Waals surface area (Å²) in [5.41, 5.74) is 0.982. The fourth-order valence-corrected chi connectivity index (χ4v) is 2.94. The van der Waals surface area contributed by atoms with Crippen molar-refractivity contribution in [3.63, 3.8) is 0 Å². The molecule has 0 aliphatic carbocycles. The molecular formula is C19H22F3N3O. The Morgan fingerprint density at radius 1 is 1.15 bits per heavy atom. The Labute approximate surface area is 151 Å². The third-order valence-electron chi connectivity index (χ3n) is 4.37. The van der Waals surface area contributed by atoms with Crippen LogP contribution in [0, 0.1) is 6.92 Å². The fourth-order valence-electron chi connectivity index (χ4n) is 2.94. The molecule has 0 bridgehead atoms. The minimum atomic E-state index is -4.33. The van der Waals surface area contributed by atoms with Crippen molar-refractivity contribution < 1.29 is 17.9 Å². The molecule has 4 nitrogen and oxygen atoms in total. The van der Waals surface area contributed by atoms with Crippen molar-refractivity contribution in [2.75, 3.05) is 24.6 Å². The molecular weight excluding hydrogens is 343 g/mol. The molecule has 3 rings (SSSR count). The van der Waals surface area contributed by atoms with E-state index in [1.165, 1.54) is 12.1 Å². The lowest BCUT2D eigenvalue weighted by Crippen LogP contribution is -2.39. The van der Waals surface area contributed by atoms with Crippen LogP contribution >= 0.6 is 0 Å². The first kappa shape index (κ1) is 18.6. The number of hydrogen-bond donors (Lipinski definition) is 0. The van der Waals surface area contributed by atoms with Crippen LogP contribution in [0.4, 0.5) is 19.0 Å². The normalized spacial score (nSPS) is 18.4. The average molecular weight is 365 g/mol. The second kappa shape index (κ2) is 7.23. The van der Waals surface area contributed by atoms with Crippen LogP contribution < -0.4 is 4.90 Å². The number of ether oxygens (including phenoxy) is 1. The zero-order valence-electron chi connectivity index (χ0n) is 15.0. The highest BCUT2D eigenvalue weighted by Gasteiger charge is 2.31. The van der Waals surface area contributed by atoms with Gasteiger partial charge >= 0.3 is 6.18 Å². The van der Waals surface area contributed by atoms with Crippen LogP contribution in [0.1, 0.15) is 48.5 Å². The molecule has 2 aromatic rings. The van der Waals surface area contributed by atoms with Gasteiger partial charge in [0.2, 0.25) is 0 Å². The Hall–Kier alpha value is -2.15. The van der Waals surface area contributed by atoms with Crippen molar-refractivity contribution in [3.8, 4) is 0 Å². The number of benzene rings is 1. The van der Waals surface area contributed by atoms with E-state index in [0.717, 1.165) is 35.0 Å². The first-order valence-corrected chi connectivity index (χ1v) is 8.63. The van der Waals surface area contributed by atoms with Gasteiger partial charge in [-0.1, -0.05) is 26.0 Å². The Morgan fingerprint density at radius 2 is 1.85 bits per heavy atom. The number of anilines is 1. The molecule has 26 heavy (non-hydrogen) atoms. The van der Waals surface area contributed by atoms with Crippen LogP contribution in [0.3, 0.4) is 0 Å². The monoisotopic (exact) mass is 365 g/mol. The first-order valence-electron chi connectivity index (χ1n) is 8.63. The van der Waals surface area contributed by atoms with Crippen LogP contribution in [-0.4, -0.2) is 29.7 Å². The van der Waals surface area contributed by atoms with Gasteiger partial charge in [-0.05, 0) is 24.6 Å². The summed E-state index contributed by atoms with van der Waals surface area (Å²) in [6.07, 6.45) is -4.62. The molecule has 0 saturated carbocycles. The third-order valence-corrected chi connectivity index (χ3v) is 4.37. The maximum Gasteiger partial charge on any atom is 0.416 e. The zero-order chi connectivity index (χ0) is 18.9. The molecule has 1 aliphatic rings. The average Bonchev–Trinajstić information content (AvgIpc) is 2.60. The molecule has 140 valence electrons. The predicted octanol–water partition coefficient (Wildman–Crippen LogP) is 4.51. The summed E-state index contributed by atoms with van der Waals surface area (Å²) < 4.78 is 44.0. The van der Waals surface area contributed by atoms with Gasteiger partial charge in [0.1, 0.15) is 17.7 Å². The van der Waals surface area contributed by atoms with Crippen molar-refractivity contribution in [1.29, 1.82) is 0 Å². The summed E-state index contributed by atoms with van der Waals surface area (Å²) in [7, 11) is 0. The molecule has 7 heteroatoms. The third kappa shape index (κ3) is 4.15. The second-order valence-electron chi connectivity index (χ2n) is 6.81. The van der Waals surface area contributed by atoms with E-state index in [0.29, 0.717) is 19.7 Å². The molecule has 1 unspecified atom stereocenters. The summed E-state index contributed by atoms with van der Waals surface area (Å²) in [6.45, 7) is 7.74. The topological polar surface area (TPSA) is 38.2 Å². The first-order chi connectivity index (χ1) is 12.2. The summed E-state index contributed by atoms with van der Waals surface area (Å²) in [5, 5.41) is 0. The molecule has 1 aromatic heterocycles. The van der Waals surface area contributed by atoms with Gasteiger partial charge in [-0.25, -0.2) is 9.97 Å². The predicted molar refractivity (Wildman–Crippen MR) is 93.2 cm³/mol. The van der Waals surface area contributed by atoms with Gasteiger partial charge in [0.25, 0.3) is 0 Å². The van der Waals surface area contributed by atoms with Gasteiger partial charge < -0.3 is 9.64 Å². The lowest BCUT2D eigenvalue weighted by molar-refractivity contribution is -0.137. The highest BCUT2D eigenvalue weighted by Crippen LogP contribution is 2.31. The van der Waals surface area contributed by atoms with Crippen molar-refractivity contribution in [2.45, 2.75) is 39.0 Å². The van der Waals surface area contributed by atoms with Gasteiger partial charge in [-0.2, -0.15) is 13.2 Å². The molecule has 0 radical (unpaired) electrons. The quantitative estimate of drug-likeness (QED) is 0.802. The van der Waals surface area contributed by atoms with E-state index in [1.807, 2.05) is 26.8 Å². The van der Waals surface area contributed by atoms with Crippen molar-refractivity contribution >= 4 is 5.82 Å². The highest BCUT2D eigenvalue weighted by molar-refractivity contribution is 5.41. The summed E-state index contributed by atoms with van der Waals surface area (Å²) in [5.74, 6) is 1.85. The van der Waals surface area contributed by atoms with E-state index in [1.54, 1.807) is 0 Å². The van der Waals surface area contributed by atoms with Gasteiger partial charge in [-0.3, -0.25) is 0 Å². The molecule has 1 fully saturated rings. The Kier molecular flexibility index (Phi) is 5.18. The van der Waals surface area contributed by atoms with E-state index in [-0.39, 0.29) is 12.0 Å². The zero-order valence-corrected chi connectivity index (χ0v) is 15.0. The summed E-state index contributed by atoms with van der Waals surface area (Å²) in [4.78, 5) is 11.2. The van der Waals surface area contributed by atoms with Crippen molar-refractivity contribution in [2.24, 2.45) is 0 Å². The Morgan fingerprint density at radius 3 is 2.46 bits per heavy atom. The molecule has 0 spiro atoms. The van der Waals surface area contributed by atoms with Crippen molar-refractivity contribution in [3.05, 3.63) is 53.0 Å². The minimum Gasteiger partial charge on any atom is -0.370 e. The molecule has 1 atom stereocenters. The van der Waals surface area contributed by atoms with Gasteiger partial charge in [-0.15, -0.1) is 0 Å². The van der Waals surface area contributed by atoms with Gasteiger partial charge in [0, 0.05) is 30.8 Å². The standard InChI is InChI=1S/C19H22F3N3O/c1-12(2)18-23-13(3)10-17(24-18)25-8-9-26-16(11-25)14-4-6-15(7-5-14)19(20,21)22/h4-7,10,12,16H,8-9,11H2,1-3H3. The Bertz CT molecular complexity index is 760. The Balaban J connectivity index is 1.79. The lowest BCUT2D eigenvalue weighted by atomic mass is 10.1. The molecule has 2 heterocycles. The maximum absolute atomic E-state index is 12.7.